The van der Waals surface area contributed by atoms with E-state index < -0.39 is 0 Å². The van der Waals surface area contributed by atoms with Crippen LogP contribution in [0, 0.1) is 6.92 Å². The summed E-state index contributed by atoms with van der Waals surface area (Å²) >= 11 is 0. The molecule has 0 aromatic carbocycles. The van der Waals surface area contributed by atoms with Crippen molar-refractivity contribution < 1.29 is 9.62 Å². The molecule has 3 N–H and O–H groups in total. The topological polar surface area (TPSA) is 87.9 Å². The lowest BCUT2D eigenvalue weighted by atomic mass is 10.3. The van der Waals surface area contributed by atoms with Gasteiger partial charge in [0.05, 0.1) is 5.69 Å². The summed E-state index contributed by atoms with van der Waals surface area (Å²) in [6.07, 6.45) is 0. The van der Waals surface area contributed by atoms with Gasteiger partial charge in [0, 0.05) is 14.1 Å². The zero-order valence-electron chi connectivity index (χ0n) is 7.77. The summed E-state index contributed by atoms with van der Waals surface area (Å²) < 4.78 is 5.23. The molecule has 0 fully saturated rings. The number of anilines is 1. The van der Waals surface area contributed by atoms with Crippen molar-refractivity contribution in [3.8, 4) is 0 Å². The molecule has 0 spiro atoms. The molecule has 6 heteroatoms. The Balaban J connectivity index is 3.10. The van der Waals surface area contributed by atoms with Gasteiger partial charge in [-0.25, -0.2) is 0 Å². The Morgan fingerprint density at radius 2 is 2.23 bits per heavy atom. The maximum Gasteiger partial charge on any atom is 0.297 e. The van der Waals surface area contributed by atoms with Crippen molar-refractivity contribution in [2.45, 2.75) is 6.92 Å². The number of aryl methyl sites for hydroxylation is 1. The number of rotatable bonds is 2. The molecule has 0 saturated carbocycles. The molecule has 0 unspecified atom stereocenters. The summed E-state index contributed by atoms with van der Waals surface area (Å²) in [6, 6.07) is 0.430. The molecule has 6 nitrogen and oxygen atoms in total. The summed E-state index contributed by atoms with van der Waals surface area (Å²) in [7, 11) is 3.59. The van der Waals surface area contributed by atoms with Gasteiger partial charge in [0.1, 0.15) is 0 Å². The fourth-order valence-corrected chi connectivity index (χ4v) is 0.857. The zero-order chi connectivity index (χ0) is 10.0. The van der Waals surface area contributed by atoms with Crippen molar-refractivity contribution in [2.75, 3.05) is 19.0 Å². The van der Waals surface area contributed by atoms with Gasteiger partial charge in [0.15, 0.2) is 5.76 Å². The van der Waals surface area contributed by atoms with Crippen LogP contribution < -0.4 is 10.6 Å². The number of hydrogen-bond acceptors (Lipinski definition) is 5. The highest BCUT2D eigenvalue weighted by molar-refractivity contribution is 5.95. The van der Waals surface area contributed by atoms with Crippen molar-refractivity contribution in [1.82, 2.24) is 4.98 Å². The van der Waals surface area contributed by atoms with E-state index in [9.17, 15) is 0 Å². The predicted octanol–water partition coefficient (Wildman–Crippen LogP) is 0.144. The van der Waals surface area contributed by atoms with Crippen LogP contribution in [-0.2, 0) is 0 Å². The Morgan fingerprint density at radius 3 is 2.62 bits per heavy atom. The van der Waals surface area contributed by atoms with Gasteiger partial charge in [0.2, 0.25) is 5.84 Å². The minimum Gasteiger partial charge on any atom is -0.420 e. The van der Waals surface area contributed by atoms with Gasteiger partial charge in [0.25, 0.3) is 6.01 Å². The maximum absolute atomic E-state index is 8.42. The molecule has 0 atom stereocenters. The van der Waals surface area contributed by atoms with Crippen LogP contribution in [0.2, 0.25) is 0 Å². The monoisotopic (exact) mass is 184 g/mol. The van der Waals surface area contributed by atoms with Crippen LogP contribution in [0.25, 0.3) is 0 Å². The molecule has 13 heavy (non-hydrogen) atoms. The van der Waals surface area contributed by atoms with E-state index in [2.05, 4.69) is 10.1 Å². The highest BCUT2D eigenvalue weighted by Gasteiger charge is 2.14. The number of nitrogens with two attached hydrogens (primary N) is 1. The van der Waals surface area contributed by atoms with Crippen molar-refractivity contribution in [3.05, 3.63) is 11.5 Å². The number of hydrogen-bond donors (Lipinski definition) is 2. The van der Waals surface area contributed by atoms with E-state index in [1.807, 2.05) is 0 Å². The van der Waals surface area contributed by atoms with Gasteiger partial charge in [-0.05, 0) is 6.92 Å². The molecule has 72 valence electrons. The van der Waals surface area contributed by atoms with Crippen LogP contribution >= 0.6 is 0 Å². The van der Waals surface area contributed by atoms with Crippen LogP contribution in [0.1, 0.15) is 11.5 Å². The standard InChI is InChI=1S/C7H12N4O2/c1-4-5(6(8)10-12)13-7(9-4)11(2)3/h12H,1-3H3,(H2,8,10). The van der Waals surface area contributed by atoms with Crippen LogP contribution in [0.4, 0.5) is 6.01 Å². The first-order valence-electron chi connectivity index (χ1n) is 3.69. The Labute approximate surface area is 75.6 Å². The van der Waals surface area contributed by atoms with Crippen LogP contribution in [0.5, 0.6) is 0 Å². The number of oxazole rings is 1. The van der Waals surface area contributed by atoms with Crippen LogP contribution in [0.3, 0.4) is 0 Å². The molecule has 1 aromatic heterocycles. The smallest absolute Gasteiger partial charge is 0.297 e. The van der Waals surface area contributed by atoms with Crippen molar-refractivity contribution >= 4 is 11.9 Å². The number of nitrogens with zero attached hydrogens (tertiary/aromatic N) is 3. The van der Waals surface area contributed by atoms with E-state index >= 15 is 0 Å². The summed E-state index contributed by atoms with van der Waals surface area (Å²) in [6.45, 7) is 1.73. The third kappa shape index (κ3) is 1.71. The summed E-state index contributed by atoms with van der Waals surface area (Å²) in [5, 5.41) is 11.3. The normalized spacial score (nSPS) is 11.8. The maximum atomic E-state index is 8.42. The fourth-order valence-electron chi connectivity index (χ4n) is 0.857. The Hall–Kier alpha value is -1.72. The Kier molecular flexibility index (Phi) is 2.41. The van der Waals surface area contributed by atoms with Gasteiger partial charge in [-0.15, -0.1) is 0 Å². The first-order valence-corrected chi connectivity index (χ1v) is 3.69. The third-order valence-electron chi connectivity index (χ3n) is 1.51. The Bertz CT molecular complexity index is 329. The van der Waals surface area contributed by atoms with E-state index in [4.69, 9.17) is 15.4 Å². The quantitative estimate of drug-likeness (QED) is 0.295. The van der Waals surface area contributed by atoms with E-state index in [0.29, 0.717) is 17.5 Å². The molecule has 1 aromatic rings. The molecular weight excluding hydrogens is 172 g/mol. The van der Waals surface area contributed by atoms with E-state index in [1.54, 1.807) is 25.9 Å². The predicted molar refractivity (Wildman–Crippen MR) is 48.1 cm³/mol. The van der Waals surface area contributed by atoms with Gasteiger partial charge in [-0.2, -0.15) is 4.98 Å². The molecule has 0 aliphatic carbocycles. The largest absolute Gasteiger partial charge is 0.420 e. The lowest BCUT2D eigenvalue weighted by molar-refractivity contribution is 0.317. The van der Waals surface area contributed by atoms with E-state index in [0.717, 1.165) is 0 Å². The van der Waals surface area contributed by atoms with E-state index in [-0.39, 0.29) is 5.84 Å². The summed E-state index contributed by atoms with van der Waals surface area (Å²) in [4.78, 5) is 5.76. The van der Waals surface area contributed by atoms with Crippen LogP contribution in [0.15, 0.2) is 9.57 Å². The third-order valence-corrected chi connectivity index (χ3v) is 1.51. The second-order valence-corrected chi connectivity index (χ2v) is 2.79. The summed E-state index contributed by atoms with van der Waals surface area (Å²) in [5.41, 5.74) is 5.95. The van der Waals surface area contributed by atoms with Crippen LogP contribution in [-0.4, -0.2) is 30.1 Å². The molecule has 0 aliphatic heterocycles. The van der Waals surface area contributed by atoms with Crippen molar-refractivity contribution in [2.24, 2.45) is 10.9 Å². The SMILES string of the molecule is Cc1nc(N(C)C)oc1/C(N)=N\O. The number of aromatic nitrogens is 1. The van der Waals surface area contributed by atoms with E-state index in [1.165, 1.54) is 0 Å². The second kappa shape index (κ2) is 3.34. The molecule has 0 amide bonds. The molecule has 0 saturated heterocycles. The minimum atomic E-state index is -0.0712. The molecule has 0 aliphatic rings. The first kappa shape index (κ1) is 9.37. The van der Waals surface area contributed by atoms with Gasteiger partial charge in [-0.3, -0.25) is 0 Å². The number of amidine groups is 1. The lowest BCUT2D eigenvalue weighted by Crippen LogP contribution is -2.13. The molecule has 1 rings (SSSR count). The molecule has 0 radical (unpaired) electrons. The first-order chi connectivity index (χ1) is 6.06. The molecule has 0 bridgehead atoms. The molecular formula is C7H12N4O2. The highest BCUT2D eigenvalue weighted by atomic mass is 16.4. The zero-order valence-corrected chi connectivity index (χ0v) is 7.77. The van der Waals surface area contributed by atoms with Crippen molar-refractivity contribution in [3.63, 3.8) is 0 Å². The van der Waals surface area contributed by atoms with Gasteiger partial charge < -0.3 is 20.3 Å². The van der Waals surface area contributed by atoms with Gasteiger partial charge >= 0.3 is 0 Å². The Morgan fingerprint density at radius 1 is 1.62 bits per heavy atom. The fraction of sp³-hybridized carbons (Fsp3) is 0.429. The molecule has 1 heterocycles. The second-order valence-electron chi connectivity index (χ2n) is 2.79. The highest BCUT2D eigenvalue weighted by Crippen LogP contribution is 2.15. The minimum absolute atomic E-state index is 0.0712. The summed E-state index contributed by atoms with van der Waals surface area (Å²) in [5.74, 6) is 0.226. The number of oxime groups is 1. The lowest BCUT2D eigenvalue weighted by Gasteiger charge is -2.03. The van der Waals surface area contributed by atoms with Gasteiger partial charge in [-0.1, -0.05) is 5.16 Å². The average Bonchev–Trinajstić information content (AvgIpc) is 2.46. The average molecular weight is 184 g/mol. The van der Waals surface area contributed by atoms with Crippen molar-refractivity contribution in [1.29, 1.82) is 0 Å².